The Kier molecular flexibility index (Phi) is 2.40. The fraction of sp³-hybridized carbons (Fsp3) is 0.636. The zero-order valence-electron chi connectivity index (χ0n) is 8.39. The van der Waals surface area contributed by atoms with Crippen LogP contribution >= 0.6 is 0 Å². The van der Waals surface area contributed by atoms with Crippen molar-refractivity contribution in [3.8, 4) is 0 Å². The van der Waals surface area contributed by atoms with Gasteiger partial charge in [-0.15, -0.1) is 0 Å². The SMILES string of the molecule is COC1=CCC2=C(CCNC2C)C1. The van der Waals surface area contributed by atoms with Crippen molar-refractivity contribution in [3.05, 3.63) is 23.0 Å². The lowest BCUT2D eigenvalue weighted by Crippen LogP contribution is -2.35. The van der Waals surface area contributed by atoms with Crippen LogP contribution in [-0.4, -0.2) is 19.7 Å². The van der Waals surface area contributed by atoms with Gasteiger partial charge >= 0.3 is 0 Å². The standard InChI is InChI=1S/C11H17NO/c1-8-11-4-3-10(13-2)7-9(11)5-6-12-8/h3,8,12H,4-7H2,1-2H3. The zero-order valence-corrected chi connectivity index (χ0v) is 8.39. The molecular weight excluding hydrogens is 162 g/mol. The highest BCUT2D eigenvalue weighted by Gasteiger charge is 2.21. The van der Waals surface area contributed by atoms with Gasteiger partial charge in [-0.1, -0.05) is 5.57 Å². The van der Waals surface area contributed by atoms with Gasteiger partial charge in [0.1, 0.15) is 0 Å². The van der Waals surface area contributed by atoms with Crippen LogP contribution in [-0.2, 0) is 4.74 Å². The first-order valence-electron chi connectivity index (χ1n) is 4.98. The van der Waals surface area contributed by atoms with Crippen molar-refractivity contribution in [2.24, 2.45) is 0 Å². The van der Waals surface area contributed by atoms with E-state index in [0.717, 1.165) is 25.1 Å². The molecule has 0 aromatic rings. The first kappa shape index (κ1) is 8.82. The van der Waals surface area contributed by atoms with Crippen molar-refractivity contribution >= 4 is 0 Å². The average Bonchev–Trinajstić information content (AvgIpc) is 2.18. The molecule has 72 valence electrons. The van der Waals surface area contributed by atoms with Crippen molar-refractivity contribution in [1.29, 1.82) is 0 Å². The maximum absolute atomic E-state index is 5.28. The largest absolute Gasteiger partial charge is 0.501 e. The summed E-state index contributed by atoms with van der Waals surface area (Å²) in [7, 11) is 1.77. The molecule has 1 atom stereocenters. The van der Waals surface area contributed by atoms with E-state index >= 15 is 0 Å². The highest BCUT2D eigenvalue weighted by atomic mass is 16.5. The van der Waals surface area contributed by atoms with E-state index in [9.17, 15) is 0 Å². The number of methoxy groups -OCH3 is 1. The minimum absolute atomic E-state index is 0.568. The maximum atomic E-state index is 5.28. The Hall–Kier alpha value is -0.760. The second-order valence-corrected chi connectivity index (χ2v) is 3.81. The van der Waals surface area contributed by atoms with Crippen LogP contribution in [0.2, 0.25) is 0 Å². The number of allylic oxidation sites excluding steroid dienone is 2. The minimum atomic E-state index is 0.568. The maximum Gasteiger partial charge on any atom is 0.0959 e. The minimum Gasteiger partial charge on any atom is -0.501 e. The number of hydrogen-bond donors (Lipinski definition) is 1. The summed E-state index contributed by atoms with van der Waals surface area (Å²) in [5, 5.41) is 3.49. The van der Waals surface area contributed by atoms with E-state index in [4.69, 9.17) is 4.74 Å². The number of nitrogens with one attached hydrogen (secondary N) is 1. The lowest BCUT2D eigenvalue weighted by molar-refractivity contribution is 0.276. The van der Waals surface area contributed by atoms with Crippen LogP contribution in [0.4, 0.5) is 0 Å². The molecule has 0 amide bonds. The van der Waals surface area contributed by atoms with Gasteiger partial charge in [-0.25, -0.2) is 0 Å². The number of hydrogen-bond acceptors (Lipinski definition) is 2. The highest BCUT2D eigenvalue weighted by molar-refractivity contribution is 5.31. The smallest absolute Gasteiger partial charge is 0.0959 e. The Morgan fingerprint density at radius 1 is 1.54 bits per heavy atom. The normalized spacial score (nSPS) is 28.2. The van der Waals surface area contributed by atoms with Gasteiger partial charge in [0.15, 0.2) is 0 Å². The molecule has 1 N–H and O–H groups in total. The Labute approximate surface area is 79.7 Å². The molecule has 2 nitrogen and oxygen atoms in total. The van der Waals surface area contributed by atoms with Crippen molar-refractivity contribution < 1.29 is 4.74 Å². The van der Waals surface area contributed by atoms with Gasteiger partial charge in [0, 0.05) is 12.5 Å². The Morgan fingerprint density at radius 3 is 3.15 bits per heavy atom. The molecule has 0 spiro atoms. The third-order valence-corrected chi connectivity index (χ3v) is 3.05. The van der Waals surface area contributed by atoms with Gasteiger partial charge < -0.3 is 10.1 Å². The van der Waals surface area contributed by atoms with Crippen LogP contribution in [0.15, 0.2) is 23.0 Å². The summed E-state index contributed by atoms with van der Waals surface area (Å²) in [6.45, 7) is 3.37. The van der Waals surface area contributed by atoms with Gasteiger partial charge in [-0.05, 0) is 38.0 Å². The Balaban J connectivity index is 2.15. The average molecular weight is 179 g/mol. The van der Waals surface area contributed by atoms with Crippen LogP contribution in [0.3, 0.4) is 0 Å². The third kappa shape index (κ3) is 1.63. The van der Waals surface area contributed by atoms with Crippen LogP contribution in [0.1, 0.15) is 26.2 Å². The van der Waals surface area contributed by atoms with Crippen molar-refractivity contribution in [2.45, 2.75) is 32.2 Å². The molecule has 0 radical (unpaired) electrons. The van der Waals surface area contributed by atoms with E-state index in [2.05, 4.69) is 18.3 Å². The van der Waals surface area contributed by atoms with E-state index in [1.54, 1.807) is 18.3 Å². The molecule has 0 saturated carbocycles. The van der Waals surface area contributed by atoms with Gasteiger partial charge in [-0.2, -0.15) is 0 Å². The predicted octanol–water partition coefficient (Wildman–Crippen LogP) is 1.99. The van der Waals surface area contributed by atoms with Gasteiger partial charge in [0.2, 0.25) is 0 Å². The molecule has 0 aromatic carbocycles. The van der Waals surface area contributed by atoms with Gasteiger partial charge in [0.25, 0.3) is 0 Å². The van der Waals surface area contributed by atoms with Crippen LogP contribution < -0.4 is 5.32 Å². The van der Waals surface area contributed by atoms with E-state index in [-0.39, 0.29) is 0 Å². The molecule has 1 heterocycles. The van der Waals surface area contributed by atoms with E-state index < -0.39 is 0 Å². The Bertz CT molecular complexity index is 265. The number of rotatable bonds is 1. The molecule has 1 aliphatic heterocycles. The Morgan fingerprint density at radius 2 is 2.38 bits per heavy atom. The monoisotopic (exact) mass is 179 g/mol. The first-order chi connectivity index (χ1) is 6.31. The molecule has 2 aliphatic rings. The van der Waals surface area contributed by atoms with Crippen molar-refractivity contribution in [2.75, 3.05) is 13.7 Å². The summed E-state index contributed by atoms with van der Waals surface area (Å²) in [5.41, 5.74) is 3.19. The van der Waals surface area contributed by atoms with Crippen LogP contribution in [0.25, 0.3) is 0 Å². The van der Waals surface area contributed by atoms with Crippen LogP contribution in [0.5, 0.6) is 0 Å². The lowest BCUT2D eigenvalue weighted by atomic mass is 9.87. The van der Waals surface area contributed by atoms with Crippen molar-refractivity contribution in [3.63, 3.8) is 0 Å². The molecule has 2 heteroatoms. The quantitative estimate of drug-likeness (QED) is 0.621. The summed E-state index contributed by atoms with van der Waals surface area (Å²) >= 11 is 0. The second-order valence-electron chi connectivity index (χ2n) is 3.81. The topological polar surface area (TPSA) is 21.3 Å². The van der Waals surface area contributed by atoms with Crippen LogP contribution in [0, 0.1) is 0 Å². The summed E-state index contributed by atoms with van der Waals surface area (Å²) in [4.78, 5) is 0. The predicted molar refractivity (Wildman–Crippen MR) is 53.4 cm³/mol. The molecule has 2 rings (SSSR count). The fourth-order valence-corrected chi connectivity index (χ4v) is 2.21. The van der Waals surface area contributed by atoms with E-state index in [1.165, 1.54) is 6.42 Å². The molecular formula is C11H17NO. The fourth-order valence-electron chi connectivity index (χ4n) is 2.21. The molecule has 0 bridgehead atoms. The first-order valence-corrected chi connectivity index (χ1v) is 4.98. The lowest BCUT2D eigenvalue weighted by Gasteiger charge is -2.30. The number of ether oxygens (including phenoxy) is 1. The summed E-state index contributed by atoms with van der Waals surface area (Å²) in [6.07, 6.45) is 5.52. The third-order valence-electron chi connectivity index (χ3n) is 3.05. The molecule has 0 aromatic heterocycles. The molecule has 1 unspecified atom stereocenters. The van der Waals surface area contributed by atoms with E-state index in [1.807, 2.05) is 0 Å². The van der Waals surface area contributed by atoms with Gasteiger partial charge in [0.05, 0.1) is 12.9 Å². The molecule has 1 aliphatic carbocycles. The zero-order chi connectivity index (χ0) is 9.26. The summed E-state index contributed by atoms with van der Waals surface area (Å²) in [6, 6.07) is 0.568. The van der Waals surface area contributed by atoms with E-state index in [0.29, 0.717) is 6.04 Å². The highest BCUT2D eigenvalue weighted by Crippen LogP contribution is 2.31. The molecule has 13 heavy (non-hydrogen) atoms. The molecule has 0 fully saturated rings. The summed E-state index contributed by atoms with van der Waals surface area (Å²) < 4.78 is 5.28. The summed E-state index contributed by atoms with van der Waals surface area (Å²) in [5.74, 6) is 1.15. The van der Waals surface area contributed by atoms with Gasteiger partial charge in [-0.3, -0.25) is 0 Å². The van der Waals surface area contributed by atoms with Crippen molar-refractivity contribution in [1.82, 2.24) is 5.32 Å². The molecule has 0 saturated heterocycles. The second kappa shape index (κ2) is 3.54.